The summed E-state index contributed by atoms with van der Waals surface area (Å²) in [6, 6.07) is 3.01. The Morgan fingerprint density at radius 1 is 1.60 bits per heavy atom. The van der Waals surface area contributed by atoms with E-state index in [4.69, 9.17) is 5.26 Å². The van der Waals surface area contributed by atoms with Crippen LogP contribution in [0.25, 0.3) is 0 Å². The van der Waals surface area contributed by atoms with Crippen molar-refractivity contribution in [3.05, 3.63) is 33.2 Å². The number of hydrogen-bond donors (Lipinski definition) is 1. The minimum Gasteiger partial charge on any atom is -0.321 e. The van der Waals surface area contributed by atoms with Crippen molar-refractivity contribution < 1.29 is 8.78 Å². The Labute approximate surface area is 92.9 Å². The molecule has 0 saturated carbocycles. The Hall–Kier alpha value is -1.22. The number of rotatable bonds is 3. The van der Waals surface area contributed by atoms with E-state index < -0.39 is 17.7 Å². The lowest BCUT2D eigenvalue weighted by atomic mass is 10.1. The van der Waals surface area contributed by atoms with Gasteiger partial charge in [-0.2, -0.15) is 5.26 Å². The molecule has 0 bridgehead atoms. The molecule has 3 nitrogen and oxygen atoms in total. The molecular weight excluding hydrogens is 270 g/mol. The number of nitriles is 1. The van der Waals surface area contributed by atoms with Crippen molar-refractivity contribution in [1.82, 2.24) is 4.98 Å². The smallest absolute Gasteiger partial charge is 0.278 e. The molecule has 0 spiro atoms. The molecule has 15 heavy (non-hydrogen) atoms. The molecule has 6 heteroatoms. The fraction of sp³-hybridized carbons (Fsp3) is 0.333. The molecule has 0 aliphatic carbocycles. The highest BCUT2D eigenvalue weighted by Crippen LogP contribution is 2.24. The highest BCUT2D eigenvalue weighted by molar-refractivity contribution is 9.08. The molecule has 1 rings (SSSR count). The van der Waals surface area contributed by atoms with Crippen LogP contribution < -0.4 is 5.56 Å². The quantitative estimate of drug-likeness (QED) is 0.861. The molecule has 1 aromatic rings. The number of aromatic nitrogens is 1. The van der Waals surface area contributed by atoms with Crippen molar-refractivity contribution in [2.45, 2.75) is 18.2 Å². The van der Waals surface area contributed by atoms with Crippen LogP contribution in [0.1, 0.15) is 23.2 Å². The van der Waals surface area contributed by atoms with E-state index in [1.165, 1.54) is 6.07 Å². The minimum absolute atomic E-state index is 0.0510. The first-order valence-electron chi connectivity index (χ1n) is 4.06. The fourth-order valence-electron chi connectivity index (χ4n) is 1.25. The number of nitrogens with zero attached hydrogens (tertiary/aromatic N) is 1. The van der Waals surface area contributed by atoms with E-state index in [1.807, 2.05) is 6.07 Å². The summed E-state index contributed by atoms with van der Waals surface area (Å²) in [6.07, 6.45) is -2.80. The van der Waals surface area contributed by atoms with Crippen LogP contribution >= 0.6 is 15.9 Å². The second-order valence-corrected chi connectivity index (χ2v) is 3.38. The van der Waals surface area contributed by atoms with Crippen LogP contribution in [-0.2, 0) is 11.8 Å². The summed E-state index contributed by atoms with van der Waals surface area (Å²) in [6.45, 7) is 0. The van der Waals surface area contributed by atoms with Gasteiger partial charge in [-0.1, -0.05) is 15.9 Å². The van der Waals surface area contributed by atoms with Gasteiger partial charge in [-0.3, -0.25) is 4.79 Å². The Bertz CT molecular complexity index is 450. The zero-order chi connectivity index (χ0) is 11.4. The van der Waals surface area contributed by atoms with E-state index in [0.29, 0.717) is 5.56 Å². The number of H-pyrrole nitrogens is 1. The normalized spacial score (nSPS) is 10.3. The average Bonchev–Trinajstić information content (AvgIpc) is 2.17. The number of pyridine rings is 1. The molecule has 1 aromatic heterocycles. The van der Waals surface area contributed by atoms with E-state index in [0.717, 1.165) is 0 Å². The van der Waals surface area contributed by atoms with Crippen LogP contribution in [0.2, 0.25) is 0 Å². The molecule has 80 valence electrons. The molecule has 0 saturated heterocycles. The summed E-state index contributed by atoms with van der Waals surface area (Å²) in [5, 5.41) is 8.68. The number of halogens is 3. The summed E-state index contributed by atoms with van der Waals surface area (Å²) < 4.78 is 25.1. The van der Waals surface area contributed by atoms with Crippen molar-refractivity contribution in [2.75, 3.05) is 0 Å². The molecule has 0 aromatic carbocycles. The van der Waals surface area contributed by atoms with Gasteiger partial charge in [0, 0.05) is 11.4 Å². The van der Waals surface area contributed by atoms with Gasteiger partial charge in [0.1, 0.15) is 0 Å². The van der Waals surface area contributed by atoms with Gasteiger partial charge in [0.15, 0.2) is 0 Å². The summed E-state index contributed by atoms with van der Waals surface area (Å²) in [5.41, 5.74) is -0.399. The monoisotopic (exact) mass is 276 g/mol. The predicted molar refractivity (Wildman–Crippen MR) is 54.0 cm³/mol. The first kappa shape index (κ1) is 11.9. The molecule has 1 N–H and O–H groups in total. The van der Waals surface area contributed by atoms with E-state index in [1.54, 1.807) is 0 Å². The average molecular weight is 277 g/mol. The highest BCUT2D eigenvalue weighted by Gasteiger charge is 2.17. The zero-order valence-corrected chi connectivity index (χ0v) is 9.14. The molecule has 0 aliphatic heterocycles. The minimum atomic E-state index is -2.75. The SMILES string of the molecule is N#CCc1cc(=O)[nH]c(C(F)F)c1CBr. The summed E-state index contributed by atoms with van der Waals surface area (Å²) in [5.74, 6) is 0. The molecule has 0 atom stereocenters. The van der Waals surface area contributed by atoms with Gasteiger partial charge in [-0.25, -0.2) is 8.78 Å². The summed E-state index contributed by atoms with van der Waals surface area (Å²) in [7, 11) is 0. The zero-order valence-electron chi connectivity index (χ0n) is 7.56. The highest BCUT2D eigenvalue weighted by atomic mass is 79.9. The van der Waals surface area contributed by atoms with Crippen LogP contribution in [0.4, 0.5) is 8.78 Å². The maximum Gasteiger partial charge on any atom is 0.278 e. The molecule has 0 unspecified atom stereocenters. The van der Waals surface area contributed by atoms with Crippen LogP contribution in [-0.4, -0.2) is 4.98 Å². The first-order valence-corrected chi connectivity index (χ1v) is 5.18. The Balaban J connectivity index is 3.39. The molecule has 0 radical (unpaired) electrons. The topological polar surface area (TPSA) is 56.6 Å². The van der Waals surface area contributed by atoms with E-state index in [-0.39, 0.29) is 17.3 Å². The Morgan fingerprint density at radius 3 is 2.73 bits per heavy atom. The van der Waals surface area contributed by atoms with Gasteiger partial charge in [-0.15, -0.1) is 0 Å². The van der Waals surface area contributed by atoms with Crippen LogP contribution in [0.3, 0.4) is 0 Å². The van der Waals surface area contributed by atoms with Crippen LogP contribution in [0, 0.1) is 11.3 Å². The second kappa shape index (κ2) is 5.03. The number of aromatic amines is 1. The molecule has 1 heterocycles. The van der Waals surface area contributed by atoms with Crippen molar-refractivity contribution >= 4 is 15.9 Å². The predicted octanol–water partition coefficient (Wildman–Crippen LogP) is 2.27. The fourth-order valence-corrected chi connectivity index (χ4v) is 1.91. The van der Waals surface area contributed by atoms with Gasteiger partial charge in [-0.05, 0) is 11.1 Å². The van der Waals surface area contributed by atoms with Crippen molar-refractivity contribution in [3.63, 3.8) is 0 Å². The van der Waals surface area contributed by atoms with Crippen LogP contribution in [0.5, 0.6) is 0 Å². The van der Waals surface area contributed by atoms with Crippen molar-refractivity contribution in [3.8, 4) is 6.07 Å². The van der Waals surface area contributed by atoms with E-state index in [2.05, 4.69) is 20.9 Å². The maximum atomic E-state index is 12.5. The Morgan fingerprint density at radius 2 is 2.27 bits per heavy atom. The lowest BCUT2D eigenvalue weighted by Crippen LogP contribution is -2.13. The molecule has 0 fully saturated rings. The number of nitrogens with one attached hydrogen (secondary N) is 1. The third-order valence-corrected chi connectivity index (χ3v) is 2.46. The molecule has 0 aliphatic rings. The van der Waals surface area contributed by atoms with Gasteiger partial charge >= 0.3 is 0 Å². The van der Waals surface area contributed by atoms with E-state index >= 15 is 0 Å². The number of hydrogen-bond acceptors (Lipinski definition) is 2. The number of alkyl halides is 3. The summed E-state index contributed by atoms with van der Waals surface area (Å²) >= 11 is 3.06. The van der Waals surface area contributed by atoms with E-state index in [9.17, 15) is 13.6 Å². The lowest BCUT2D eigenvalue weighted by molar-refractivity contribution is 0.144. The van der Waals surface area contributed by atoms with Crippen LogP contribution in [0.15, 0.2) is 10.9 Å². The largest absolute Gasteiger partial charge is 0.321 e. The Kier molecular flexibility index (Phi) is 3.97. The third-order valence-electron chi connectivity index (χ3n) is 1.90. The summed E-state index contributed by atoms with van der Waals surface area (Å²) in [4.78, 5) is 13.1. The van der Waals surface area contributed by atoms with Crippen molar-refractivity contribution in [2.24, 2.45) is 0 Å². The molecular formula is C9H7BrF2N2O. The van der Waals surface area contributed by atoms with Crippen molar-refractivity contribution in [1.29, 1.82) is 5.26 Å². The molecule has 0 amide bonds. The standard InChI is InChI=1S/C9H7BrF2N2O/c10-4-6-5(1-2-13)3-7(15)14-8(6)9(11)12/h3,9H,1,4H2,(H,14,15). The van der Waals surface area contributed by atoms with Gasteiger partial charge in [0.2, 0.25) is 5.56 Å². The first-order chi connectivity index (χ1) is 7.10. The lowest BCUT2D eigenvalue weighted by Gasteiger charge is -2.09. The third kappa shape index (κ3) is 2.63. The maximum absolute atomic E-state index is 12.5. The van der Waals surface area contributed by atoms with Gasteiger partial charge in [0.25, 0.3) is 6.43 Å². The van der Waals surface area contributed by atoms with Gasteiger partial charge in [0.05, 0.1) is 18.2 Å². The van der Waals surface area contributed by atoms with Gasteiger partial charge < -0.3 is 4.98 Å². The second-order valence-electron chi connectivity index (χ2n) is 2.82.